The van der Waals surface area contributed by atoms with E-state index in [2.05, 4.69) is 15.5 Å². The van der Waals surface area contributed by atoms with E-state index in [9.17, 15) is 4.79 Å². The maximum atomic E-state index is 12.3. The fourth-order valence-electron chi connectivity index (χ4n) is 2.05. The van der Waals surface area contributed by atoms with Crippen molar-refractivity contribution >= 4 is 17.5 Å². The first kappa shape index (κ1) is 15.5. The highest BCUT2D eigenvalue weighted by Crippen LogP contribution is 2.14. The van der Waals surface area contributed by atoms with E-state index in [1.807, 2.05) is 26.0 Å². The van der Waals surface area contributed by atoms with Gasteiger partial charge in [0, 0.05) is 11.1 Å². The Bertz CT molecular complexity index is 634. The largest absolute Gasteiger partial charge is 0.348 e. The van der Waals surface area contributed by atoms with Gasteiger partial charge in [0.25, 0.3) is 5.91 Å². The summed E-state index contributed by atoms with van der Waals surface area (Å²) in [5.41, 5.74) is 1.67. The van der Waals surface area contributed by atoms with Crippen molar-refractivity contribution in [3.63, 3.8) is 0 Å². The van der Waals surface area contributed by atoms with Gasteiger partial charge in [-0.3, -0.25) is 4.79 Å². The van der Waals surface area contributed by atoms with Gasteiger partial charge in [-0.1, -0.05) is 31.5 Å². The van der Waals surface area contributed by atoms with Crippen molar-refractivity contribution < 1.29 is 4.79 Å². The second-order valence-electron chi connectivity index (χ2n) is 4.89. The van der Waals surface area contributed by atoms with Crippen molar-refractivity contribution in [3.05, 3.63) is 40.7 Å². The Balaban J connectivity index is 2.25. The van der Waals surface area contributed by atoms with Crippen molar-refractivity contribution in [1.29, 1.82) is 0 Å². The molecule has 1 amide bonds. The Labute approximate surface area is 129 Å². The van der Waals surface area contributed by atoms with E-state index in [0.29, 0.717) is 16.4 Å². The van der Waals surface area contributed by atoms with Crippen LogP contribution in [0.1, 0.15) is 42.9 Å². The maximum absolute atomic E-state index is 12.3. The Morgan fingerprint density at radius 3 is 2.67 bits per heavy atom. The van der Waals surface area contributed by atoms with Crippen LogP contribution in [0.4, 0.5) is 0 Å². The second-order valence-corrected chi connectivity index (χ2v) is 5.33. The molecule has 0 radical (unpaired) electrons. The molecule has 0 spiro atoms. The molecule has 0 unspecified atom stereocenters. The van der Waals surface area contributed by atoms with Crippen LogP contribution in [0, 0.1) is 6.92 Å². The van der Waals surface area contributed by atoms with Crippen LogP contribution in [-0.4, -0.2) is 26.9 Å². The number of nitrogens with one attached hydrogen (secondary N) is 1. The molecular formula is C15H19ClN4O. The van der Waals surface area contributed by atoms with Gasteiger partial charge in [0.2, 0.25) is 0 Å². The molecule has 1 N–H and O–H groups in total. The number of benzene rings is 1. The summed E-state index contributed by atoms with van der Waals surface area (Å²) in [5.74, 6) is -0.186. The fourth-order valence-corrected chi connectivity index (χ4v) is 2.24. The number of hydrogen-bond donors (Lipinski definition) is 1. The normalized spacial score (nSPS) is 10.9. The number of carbonyl (C=O) groups excluding carboxylic acids is 1. The van der Waals surface area contributed by atoms with Gasteiger partial charge in [-0.05, 0) is 38.0 Å². The van der Waals surface area contributed by atoms with Gasteiger partial charge in [-0.25, -0.2) is 0 Å². The second kappa shape index (κ2) is 6.72. The third kappa shape index (κ3) is 3.61. The molecule has 0 atom stereocenters. The predicted octanol–water partition coefficient (Wildman–Crippen LogP) is 3.15. The van der Waals surface area contributed by atoms with Gasteiger partial charge in [0.05, 0.1) is 11.4 Å². The lowest BCUT2D eigenvalue weighted by Crippen LogP contribution is -2.34. The Kier molecular flexibility index (Phi) is 4.96. The van der Waals surface area contributed by atoms with E-state index in [0.717, 1.165) is 18.5 Å². The molecule has 0 fully saturated rings. The van der Waals surface area contributed by atoms with Crippen LogP contribution < -0.4 is 5.32 Å². The van der Waals surface area contributed by atoms with Crippen molar-refractivity contribution in [2.75, 3.05) is 0 Å². The first-order valence-electron chi connectivity index (χ1n) is 7.05. The minimum atomic E-state index is -0.186. The molecular weight excluding hydrogens is 288 g/mol. The lowest BCUT2D eigenvalue weighted by Gasteiger charge is -2.13. The van der Waals surface area contributed by atoms with E-state index in [-0.39, 0.29) is 11.9 Å². The quantitative estimate of drug-likeness (QED) is 0.923. The topological polar surface area (TPSA) is 59.8 Å². The summed E-state index contributed by atoms with van der Waals surface area (Å²) in [5, 5.41) is 12.1. The number of hydrogen-bond acceptors (Lipinski definition) is 3. The number of amides is 1. The molecule has 0 aliphatic heterocycles. The summed E-state index contributed by atoms with van der Waals surface area (Å²) < 4.78 is 0. The first-order valence-corrected chi connectivity index (χ1v) is 7.43. The highest BCUT2D eigenvalue weighted by Gasteiger charge is 2.18. The molecule has 1 aromatic carbocycles. The minimum absolute atomic E-state index is 0.160. The number of carbonyl (C=O) groups is 1. The highest BCUT2D eigenvalue weighted by atomic mass is 35.5. The first-order chi connectivity index (χ1) is 10.0. The van der Waals surface area contributed by atoms with Crippen LogP contribution >= 0.6 is 11.6 Å². The lowest BCUT2D eigenvalue weighted by atomic mass is 10.1. The van der Waals surface area contributed by atoms with Crippen LogP contribution in [0.15, 0.2) is 24.3 Å². The Morgan fingerprint density at radius 1 is 1.33 bits per heavy atom. The summed E-state index contributed by atoms with van der Waals surface area (Å²) >= 11 is 5.96. The SMILES string of the molecule is CCC(CC)NC(=O)c1nn(-c2cccc(Cl)c2)nc1C. The highest BCUT2D eigenvalue weighted by molar-refractivity contribution is 6.30. The molecule has 0 saturated heterocycles. The Morgan fingerprint density at radius 2 is 2.05 bits per heavy atom. The number of halogens is 1. The molecule has 112 valence electrons. The van der Waals surface area contributed by atoms with Crippen molar-refractivity contribution in [3.8, 4) is 5.69 Å². The van der Waals surface area contributed by atoms with E-state index >= 15 is 0 Å². The van der Waals surface area contributed by atoms with Crippen molar-refractivity contribution in [2.24, 2.45) is 0 Å². The van der Waals surface area contributed by atoms with Gasteiger partial charge in [-0.15, -0.1) is 5.10 Å². The Hall–Kier alpha value is -1.88. The van der Waals surface area contributed by atoms with E-state index in [1.165, 1.54) is 4.80 Å². The number of rotatable bonds is 5. The average molecular weight is 307 g/mol. The average Bonchev–Trinajstić information content (AvgIpc) is 2.86. The number of aryl methyl sites for hydroxylation is 1. The lowest BCUT2D eigenvalue weighted by molar-refractivity contribution is 0.0928. The molecule has 0 bridgehead atoms. The third-order valence-electron chi connectivity index (χ3n) is 3.36. The van der Waals surface area contributed by atoms with Gasteiger partial charge in [0.1, 0.15) is 0 Å². The molecule has 0 saturated carbocycles. The molecule has 2 aromatic rings. The smallest absolute Gasteiger partial charge is 0.273 e. The van der Waals surface area contributed by atoms with Gasteiger partial charge >= 0.3 is 0 Å². The molecule has 21 heavy (non-hydrogen) atoms. The number of nitrogens with zero attached hydrogens (tertiary/aromatic N) is 3. The summed E-state index contributed by atoms with van der Waals surface area (Å²) in [6.07, 6.45) is 1.79. The zero-order valence-electron chi connectivity index (χ0n) is 12.4. The molecule has 0 aliphatic carbocycles. The van der Waals surface area contributed by atoms with Crippen LogP contribution in [0.3, 0.4) is 0 Å². The maximum Gasteiger partial charge on any atom is 0.273 e. The molecule has 2 rings (SSSR count). The molecule has 6 heteroatoms. The van der Waals surface area contributed by atoms with Crippen LogP contribution in [0.5, 0.6) is 0 Å². The summed E-state index contributed by atoms with van der Waals surface area (Å²) in [6.45, 7) is 5.87. The van der Waals surface area contributed by atoms with Crippen LogP contribution in [0.2, 0.25) is 5.02 Å². The van der Waals surface area contributed by atoms with Crippen LogP contribution in [0.25, 0.3) is 5.69 Å². The molecule has 1 aromatic heterocycles. The monoisotopic (exact) mass is 306 g/mol. The van der Waals surface area contributed by atoms with Crippen molar-refractivity contribution in [2.45, 2.75) is 39.7 Å². The summed E-state index contributed by atoms with van der Waals surface area (Å²) in [4.78, 5) is 13.7. The summed E-state index contributed by atoms with van der Waals surface area (Å²) in [6, 6.07) is 7.35. The number of aromatic nitrogens is 3. The van der Waals surface area contributed by atoms with E-state index < -0.39 is 0 Å². The van der Waals surface area contributed by atoms with E-state index in [1.54, 1.807) is 19.1 Å². The molecule has 1 heterocycles. The van der Waals surface area contributed by atoms with Gasteiger partial charge in [-0.2, -0.15) is 9.90 Å². The third-order valence-corrected chi connectivity index (χ3v) is 3.59. The molecule has 0 aliphatic rings. The minimum Gasteiger partial charge on any atom is -0.348 e. The zero-order valence-corrected chi connectivity index (χ0v) is 13.2. The van der Waals surface area contributed by atoms with Gasteiger partial charge in [0.15, 0.2) is 5.69 Å². The predicted molar refractivity (Wildman–Crippen MR) is 82.9 cm³/mol. The fraction of sp³-hybridized carbons (Fsp3) is 0.400. The van der Waals surface area contributed by atoms with E-state index in [4.69, 9.17) is 11.6 Å². The zero-order chi connectivity index (χ0) is 15.4. The molecule has 5 nitrogen and oxygen atoms in total. The summed E-state index contributed by atoms with van der Waals surface area (Å²) in [7, 11) is 0. The van der Waals surface area contributed by atoms with Crippen molar-refractivity contribution in [1.82, 2.24) is 20.3 Å². The standard InChI is InChI=1S/C15H19ClN4O/c1-4-12(5-2)17-15(21)14-10(3)18-20(19-14)13-8-6-7-11(16)9-13/h6-9,12H,4-5H2,1-3H3,(H,17,21). The van der Waals surface area contributed by atoms with Crippen LogP contribution in [-0.2, 0) is 0 Å². The van der Waals surface area contributed by atoms with Gasteiger partial charge < -0.3 is 5.32 Å².